The number of rotatable bonds is 4. The van der Waals surface area contributed by atoms with Gasteiger partial charge in [-0.05, 0) is 93.4 Å². The smallest absolute Gasteiger partial charge is 0.241 e. The average Bonchev–Trinajstić information content (AvgIpc) is 2.47. The van der Waals surface area contributed by atoms with Gasteiger partial charge in [0.25, 0.3) is 0 Å². The summed E-state index contributed by atoms with van der Waals surface area (Å²) in [6.45, 7) is 3.78. The van der Waals surface area contributed by atoms with Gasteiger partial charge in [0.1, 0.15) is 5.75 Å². The number of hydrogen-bond donors (Lipinski definition) is 1. The molecule has 5 rings (SSSR count). The SMILES string of the molecule is COc1ccc(S(=O)(=O)NC23CC4CC(CC(C4)C2)C3)c(C)c1C. The predicted molar refractivity (Wildman–Crippen MR) is 93.7 cm³/mol. The van der Waals surface area contributed by atoms with Gasteiger partial charge < -0.3 is 4.74 Å². The summed E-state index contributed by atoms with van der Waals surface area (Å²) in [5, 5.41) is 0. The van der Waals surface area contributed by atoms with Crippen molar-refractivity contribution in [1.29, 1.82) is 0 Å². The first kappa shape index (κ1) is 16.4. The molecule has 0 heterocycles. The third-order valence-electron chi connectivity index (χ3n) is 6.59. The number of ether oxygens (including phenoxy) is 1. The monoisotopic (exact) mass is 349 g/mol. The Bertz CT molecular complexity index is 734. The van der Waals surface area contributed by atoms with Crippen LogP contribution in [0.4, 0.5) is 0 Å². The van der Waals surface area contributed by atoms with Gasteiger partial charge in [0.2, 0.25) is 10.0 Å². The fraction of sp³-hybridized carbons (Fsp3) is 0.684. The van der Waals surface area contributed by atoms with Crippen LogP contribution in [0, 0.1) is 31.6 Å². The molecule has 0 radical (unpaired) electrons. The third kappa shape index (κ3) is 2.57. The largest absolute Gasteiger partial charge is 0.496 e. The van der Waals surface area contributed by atoms with Crippen molar-refractivity contribution in [1.82, 2.24) is 4.72 Å². The van der Waals surface area contributed by atoms with Crippen molar-refractivity contribution in [2.45, 2.75) is 62.8 Å². The van der Waals surface area contributed by atoms with Gasteiger partial charge >= 0.3 is 0 Å². The minimum Gasteiger partial charge on any atom is -0.496 e. The molecule has 4 bridgehead atoms. The maximum atomic E-state index is 13.1. The second kappa shape index (κ2) is 5.46. The van der Waals surface area contributed by atoms with E-state index in [-0.39, 0.29) is 5.54 Å². The minimum atomic E-state index is -3.51. The molecular weight excluding hydrogens is 322 g/mol. The van der Waals surface area contributed by atoms with E-state index in [4.69, 9.17) is 4.74 Å². The maximum Gasteiger partial charge on any atom is 0.241 e. The van der Waals surface area contributed by atoms with Crippen LogP contribution in [-0.4, -0.2) is 21.1 Å². The lowest BCUT2D eigenvalue weighted by molar-refractivity contribution is -0.00810. The van der Waals surface area contributed by atoms with Crippen molar-refractivity contribution in [2.75, 3.05) is 7.11 Å². The van der Waals surface area contributed by atoms with Crippen LogP contribution >= 0.6 is 0 Å². The van der Waals surface area contributed by atoms with Gasteiger partial charge in [-0.3, -0.25) is 0 Å². The normalized spacial score (nSPS) is 34.5. The van der Waals surface area contributed by atoms with E-state index >= 15 is 0 Å². The number of methoxy groups -OCH3 is 1. The van der Waals surface area contributed by atoms with Crippen molar-refractivity contribution in [3.05, 3.63) is 23.3 Å². The Morgan fingerprint density at radius 3 is 2.04 bits per heavy atom. The van der Waals surface area contributed by atoms with Crippen molar-refractivity contribution in [3.8, 4) is 5.75 Å². The molecular formula is C19H27NO3S. The van der Waals surface area contributed by atoms with E-state index in [1.54, 1.807) is 19.2 Å². The van der Waals surface area contributed by atoms with Crippen LogP contribution in [0.25, 0.3) is 0 Å². The van der Waals surface area contributed by atoms with E-state index in [2.05, 4.69) is 4.72 Å². The van der Waals surface area contributed by atoms with E-state index in [0.717, 1.165) is 53.9 Å². The highest BCUT2D eigenvalue weighted by Crippen LogP contribution is 2.56. The molecule has 1 aromatic carbocycles. The molecule has 0 spiro atoms. The van der Waals surface area contributed by atoms with Crippen LogP contribution in [0.1, 0.15) is 49.7 Å². The fourth-order valence-electron chi connectivity index (χ4n) is 5.86. The predicted octanol–water partition coefficient (Wildman–Crippen LogP) is 3.56. The van der Waals surface area contributed by atoms with Gasteiger partial charge in [-0.25, -0.2) is 13.1 Å². The van der Waals surface area contributed by atoms with Crippen LogP contribution in [0.5, 0.6) is 5.75 Å². The molecule has 4 nitrogen and oxygen atoms in total. The summed E-state index contributed by atoms with van der Waals surface area (Å²) in [5.74, 6) is 2.90. The van der Waals surface area contributed by atoms with Crippen LogP contribution in [0.15, 0.2) is 17.0 Å². The number of benzene rings is 1. The van der Waals surface area contributed by atoms with Gasteiger partial charge in [-0.1, -0.05) is 0 Å². The molecule has 0 aliphatic heterocycles. The molecule has 4 aliphatic carbocycles. The Morgan fingerprint density at radius 1 is 1.00 bits per heavy atom. The highest BCUT2D eigenvalue weighted by Gasteiger charge is 2.52. The number of nitrogens with one attached hydrogen (secondary N) is 1. The molecule has 4 aliphatic rings. The standard InChI is InChI=1S/C19H27NO3S/c1-12-13(2)18(5-4-17(12)23-3)24(21,22)20-19-9-14-6-15(10-19)8-16(7-14)11-19/h4-5,14-16,20H,6-11H2,1-3H3. The van der Waals surface area contributed by atoms with Crippen LogP contribution in [0.3, 0.4) is 0 Å². The minimum absolute atomic E-state index is 0.201. The quantitative estimate of drug-likeness (QED) is 0.904. The Labute approximate surface area is 145 Å². The number of sulfonamides is 1. The zero-order valence-electron chi connectivity index (χ0n) is 14.8. The molecule has 4 saturated carbocycles. The first-order chi connectivity index (χ1) is 11.3. The van der Waals surface area contributed by atoms with Gasteiger partial charge in [0.05, 0.1) is 12.0 Å². The van der Waals surface area contributed by atoms with Gasteiger partial charge in [0, 0.05) is 5.54 Å². The molecule has 0 aromatic heterocycles. The van der Waals surface area contributed by atoms with Gasteiger partial charge in [-0.15, -0.1) is 0 Å². The second-order valence-electron chi connectivity index (χ2n) is 8.32. The Hall–Kier alpha value is -1.07. The Kier molecular flexibility index (Phi) is 3.73. The molecule has 1 aromatic rings. The summed E-state index contributed by atoms with van der Waals surface area (Å²) < 4.78 is 34.7. The molecule has 24 heavy (non-hydrogen) atoms. The average molecular weight is 349 g/mol. The van der Waals surface area contributed by atoms with Crippen molar-refractivity contribution in [3.63, 3.8) is 0 Å². The molecule has 0 amide bonds. The Balaban J connectivity index is 1.66. The van der Waals surface area contributed by atoms with Crippen molar-refractivity contribution >= 4 is 10.0 Å². The fourth-order valence-corrected chi connectivity index (χ4v) is 7.59. The molecule has 4 fully saturated rings. The highest BCUT2D eigenvalue weighted by molar-refractivity contribution is 7.89. The van der Waals surface area contributed by atoms with E-state index in [1.165, 1.54) is 19.3 Å². The summed E-state index contributed by atoms with van der Waals surface area (Å²) in [6.07, 6.45) is 6.98. The summed E-state index contributed by atoms with van der Waals surface area (Å²) in [6, 6.07) is 3.45. The lowest BCUT2D eigenvalue weighted by Gasteiger charge is -2.56. The van der Waals surface area contributed by atoms with Crippen LogP contribution in [-0.2, 0) is 10.0 Å². The summed E-state index contributed by atoms with van der Waals surface area (Å²) in [7, 11) is -1.89. The lowest BCUT2D eigenvalue weighted by Crippen LogP contribution is -2.59. The summed E-state index contributed by atoms with van der Waals surface area (Å²) in [5.41, 5.74) is 1.48. The van der Waals surface area contributed by atoms with Crippen LogP contribution in [0.2, 0.25) is 0 Å². The second-order valence-corrected chi connectivity index (χ2v) is 9.97. The van der Waals surface area contributed by atoms with E-state index in [0.29, 0.717) is 4.90 Å². The molecule has 132 valence electrons. The van der Waals surface area contributed by atoms with Crippen molar-refractivity contribution in [2.24, 2.45) is 17.8 Å². The molecule has 1 N–H and O–H groups in total. The zero-order chi connectivity index (χ0) is 17.1. The molecule has 0 atom stereocenters. The first-order valence-electron chi connectivity index (χ1n) is 9.00. The van der Waals surface area contributed by atoms with E-state index in [9.17, 15) is 8.42 Å². The van der Waals surface area contributed by atoms with Crippen LogP contribution < -0.4 is 9.46 Å². The molecule has 0 unspecified atom stereocenters. The Morgan fingerprint density at radius 2 is 1.54 bits per heavy atom. The summed E-state index contributed by atoms with van der Waals surface area (Å²) in [4.78, 5) is 0.400. The first-order valence-corrected chi connectivity index (χ1v) is 10.5. The zero-order valence-corrected chi connectivity index (χ0v) is 15.6. The lowest BCUT2D eigenvalue weighted by atomic mass is 9.53. The maximum absolute atomic E-state index is 13.1. The van der Waals surface area contributed by atoms with E-state index < -0.39 is 10.0 Å². The topological polar surface area (TPSA) is 55.4 Å². The van der Waals surface area contributed by atoms with E-state index in [1.807, 2.05) is 13.8 Å². The highest BCUT2D eigenvalue weighted by atomic mass is 32.2. The van der Waals surface area contributed by atoms with Gasteiger partial charge in [-0.2, -0.15) is 0 Å². The molecule has 0 saturated heterocycles. The van der Waals surface area contributed by atoms with Crippen molar-refractivity contribution < 1.29 is 13.2 Å². The third-order valence-corrected chi connectivity index (χ3v) is 8.31. The van der Waals surface area contributed by atoms with Gasteiger partial charge in [0.15, 0.2) is 0 Å². The summed E-state index contributed by atoms with van der Waals surface area (Å²) >= 11 is 0. The number of hydrogen-bond acceptors (Lipinski definition) is 3. The molecule has 5 heteroatoms.